The predicted octanol–water partition coefficient (Wildman–Crippen LogP) is 3.00. The van der Waals surface area contributed by atoms with E-state index in [0.717, 1.165) is 37.2 Å². The molecule has 0 saturated carbocycles. The van der Waals surface area contributed by atoms with Crippen LogP contribution < -0.4 is 14.8 Å². The first kappa shape index (κ1) is 12.5. The lowest BCUT2D eigenvalue weighted by Crippen LogP contribution is -2.13. The van der Waals surface area contributed by atoms with Crippen LogP contribution in [0.3, 0.4) is 0 Å². The highest BCUT2D eigenvalue weighted by Crippen LogP contribution is 2.37. The van der Waals surface area contributed by atoms with E-state index in [9.17, 15) is 0 Å². The van der Waals surface area contributed by atoms with E-state index in [2.05, 4.69) is 12.2 Å². The fourth-order valence-electron chi connectivity index (χ4n) is 1.80. The minimum absolute atomic E-state index is 0.637. The van der Waals surface area contributed by atoms with Gasteiger partial charge in [-0.05, 0) is 30.7 Å². The van der Waals surface area contributed by atoms with Gasteiger partial charge in [0.1, 0.15) is 0 Å². The fourth-order valence-corrected chi connectivity index (χ4v) is 2.08. The standard InChI is InChI=1S/C13H18ClNO2/c1-2-4-15-9-10-7-11(14)13-12(8-10)16-5-3-6-17-13/h7-8,15H,2-6,9H2,1H3. The van der Waals surface area contributed by atoms with E-state index in [1.807, 2.05) is 12.1 Å². The van der Waals surface area contributed by atoms with Crippen molar-refractivity contribution in [1.29, 1.82) is 0 Å². The normalized spacial score (nSPS) is 14.5. The second-order valence-electron chi connectivity index (χ2n) is 4.13. The molecule has 0 unspecified atom stereocenters. The van der Waals surface area contributed by atoms with Gasteiger partial charge in [-0.1, -0.05) is 18.5 Å². The molecule has 0 atom stereocenters. The lowest BCUT2D eigenvalue weighted by molar-refractivity contribution is 0.297. The average Bonchev–Trinajstić information content (AvgIpc) is 2.55. The summed E-state index contributed by atoms with van der Waals surface area (Å²) in [6, 6.07) is 3.95. The smallest absolute Gasteiger partial charge is 0.179 e. The van der Waals surface area contributed by atoms with Gasteiger partial charge in [0.15, 0.2) is 11.5 Å². The van der Waals surface area contributed by atoms with Crippen molar-refractivity contribution < 1.29 is 9.47 Å². The van der Waals surface area contributed by atoms with E-state index >= 15 is 0 Å². The molecule has 0 radical (unpaired) electrons. The summed E-state index contributed by atoms with van der Waals surface area (Å²) in [6.45, 7) is 5.32. The number of halogens is 1. The third kappa shape index (κ3) is 3.27. The van der Waals surface area contributed by atoms with E-state index in [4.69, 9.17) is 21.1 Å². The van der Waals surface area contributed by atoms with Gasteiger partial charge in [0.05, 0.1) is 18.2 Å². The van der Waals surface area contributed by atoms with E-state index in [-0.39, 0.29) is 0 Å². The van der Waals surface area contributed by atoms with Crippen LogP contribution in [0.5, 0.6) is 11.5 Å². The molecule has 0 saturated heterocycles. The van der Waals surface area contributed by atoms with Gasteiger partial charge in [0.2, 0.25) is 0 Å². The number of ether oxygens (including phenoxy) is 2. The lowest BCUT2D eigenvalue weighted by atomic mass is 10.2. The molecule has 0 bridgehead atoms. The predicted molar refractivity (Wildman–Crippen MR) is 69.1 cm³/mol. The first-order valence-electron chi connectivity index (χ1n) is 6.10. The summed E-state index contributed by atoms with van der Waals surface area (Å²) < 4.78 is 11.2. The van der Waals surface area contributed by atoms with E-state index in [1.165, 1.54) is 0 Å². The zero-order valence-electron chi connectivity index (χ0n) is 10.1. The molecule has 2 rings (SSSR count). The molecule has 0 aliphatic carbocycles. The maximum Gasteiger partial charge on any atom is 0.179 e. The number of nitrogens with one attached hydrogen (secondary N) is 1. The molecule has 4 heteroatoms. The minimum atomic E-state index is 0.637. The summed E-state index contributed by atoms with van der Waals surface area (Å²) >= 11 is 6.20. The van der Waals surface area contributed by atoms with Crippen LogP contribution in [0, 0.1) is 0 Å². The van der Waals surface area contributed by atoms with Crippen LogP contribution in [0.2, 0.25) is 5.02 Å². The third-order valence-electron chi connectivity index (χ3n) is 2.62. The molecule has 0 aromatic heterocycles. The molecule has 0 fully saturated rings. The van der Waals surface area contributed by atoms with E-state index in [1.54, 1.807) is 0 Å². The molecule has 17 heavy (non-hydrogen) atoms. The number of fused-ring (bicyclic) bond motifs is 1. The summed E-state index contributed by atoms with van der Waals surface area (Å²) in [5, 5.41) is 3.98. The van der Waals surface area contributed by atoms with Gasteiger partial charge in [-0.25, -0.2) is 0 Å². The third-order valence-corrected chi connectivity index (χ3v) is 2.90. The minimum Gasteiger partial charge on any atom is -0.489 e. The number of benzene rings is 1. The summed E-state index contributed by atoms with van der Waals surface area (Å²) in [4.78, 5) is 0. The second kappa shape index (κ2) is 6.12. The van der Waals surface area contributed by atoms with Crippen LogP contribution in [0.25, 0.3) is 0 Å². The van der Waals surface area contributed by atoms with Crippen molar-refractivity contribution >= 4 is 11.6 Å². The molecular formula is C13H18ClNO2. The Morgan fingerprint density at radius 3 is 2.94 bits per heavy atom. The van der Waals surface area contributed by atoms with Gasteiger partial charge in [-0.3, -0.25) is 0 Å². The molecule has 1 N–H and O–H groups in total. The van der Waals surface area contributed by atoms with Crippen LogP contribution in [0.4, 0.5) is 0 Å². The molecule has 0 amide bonds. The highest BCUT2D eigenvalue weighted by Gasteiger charge is 2.15. The van der Waals surface area contributed by atoms with Gasteiger partial charge < -0.3 is 14.8 Å². The Morgan fingerprint density at radius 2 is 2.12 bits per heavy atom. The van der Waals surface area contributed by atoms with Crippen molar-refractivity contribution in [1.82, 2.24) is 5.32 Å². The molecule has 1 aliphatic heterocycles. The molecule has 0 spiro atoms. The zero-order valence-corrected chi connectivity index (χ0v) is 10.8. The zero-order chi connectivity index (χ0) is 12.1. The van der Waals surface area contributed by atoms with Gasteiger partial charge >= 0.3 is 0 Å². The highest BCUT2D eigenvalue weighted by molar-refractivity contribution is 6.32. The second-order valence-corrected chi connectivity index (χ2v) is 4.54. The largest absolute Gasteiger partial charge is 0.489 e. The molecule has 3 nitrogen and oxygen atoms in total. The maximum absolute atomic E-state index is 6.20. The Morgan fingerprint density at radius 1 is 1.29 bits per heavy atom. The Hall–Kier alpha value is -0.930. The SMILES string of the molecule is CCCNCc1cc(Cl)c2c(c1)OCCCO2. The van der Waals surface area contributed by atoms with E-state index < -0.39 is 0 Å². The van der Waals surface area contributed by atoms with Crippen LogP contribution in [-0.2, 0) is 6.54 Å². The van der Waals surface area contributed by atoms with Crippen molar-refractivity contribution in [2.24, 2.45) is 0 Å². The molecule has 1 heterocycles. The van der Waals surface area contributed by atoms with Gasteiger partial charge in [0.25, 0.3) is 0 Å². The summed E-state index contributed by atoms with van der Waals surface area (Å²) in [7, 11) is 0. The van der Waals surface area contributed by atoms with Crippen LogP contribution >= 0.6 is 11.6 Å². The number of hydrogen-bond donors (Lipinski definition) is 1. The lowest BCUT2D eigenvalue weighted by Gasteiger charge is -2.11. The molecule has 94 valence electrons. The van der Waals surface area contributed by atoms with E-state index in [0.29, 0.717) is 24.0 Å². The Balaban J connectivity index is 2.14. The molecule has 1 aromatic rings. The first-order valence-corrected chi connectivity index (χ1v) is 6.48. The van der Waals surface area contributed by atoms with Crippen LogP contribution in [0.1, 0.15) is 25.3 Å². The number of rotatable bonds is 4. The molecular weight excluding hydrogens is 238 g/mol. The summed E-state index contributed by atoms with van der Waals surface area (Å²) in [5.74, 6) is 1.45. The van der Waals surface area contributed by atoms with Gasteiger partial charge in [-0.2, -0.15) is 0 Å². The quantitative estimate of drug-likeness (QED) is 0.839. The first-order chi connectivity index (χ1) is 8.31. The number of hydrogen-bond acceptors (Lipinski definition) is 3. The molecule has 1 aliphatic rings. The Labute approximate surface area is 107 Å². The van der Waals surface area contributed by atoms with Gasteiger partial charge in [0, 0.05) is 13.0 Å². The fraction of sp³-hybridized carbons (Fsp3) is 0.538. The van der Waals surface area contributed by atoms with Crippen molar-refractivity contribution in [2.45, 2.75) is 26.3 Å². The highest BCUT2D eigenvalue weighted by atomic mass is 35.5. The van der Waals surface area contributed by atoms with Crippen molar-refractivity contribution in [3.05, 3.63) is 22.7 Å². The monoisotopic (exact) mass is 255 g/mol. The van der Waals surface area contributed by atoms with Gasteiger partial charge in [-0.15, -0.1) is 0 Å². The average molecular weight is 256 g/mol. The summed E-state index contributed by atoms with van der Waals surface area (Å²) in [6.07, 6.45) is 2.02. The van der Waals surface area contributed by atoms with Crippen LogP contribution in [0.15, 0.2) is 12.1 Å². The Bertz CT molecular complexity index is 382. The summed E-state index contributed by atoms with van der Waals surface area (Å²) in [5.41, 5.74) is 1.13. The molecule has 1 aromatic carbocycles. The van der Waals surface area contributed by atoms with Crippen LogP contribution in [-0.4, -0.2) is 19.8 Å². The Kier molecular flexibility index (Phi) is 4.51. The topological polar surface area (TPSA) is 30.5 Å². The van der Waals surface area contributed by atoms with Crippen molar-refractivity contribution in [3.8, 4) is 11.5 Å². The van der Waals surface area contributed by atoms with Crippen molar-refractivity contribution in [3.63, 3.8) is 0 Å². The maximum atomic E-state index is 6.20. The van der Waals surface area contributed by atoms with Crippen molar-refractivity contribution in [2.75, 3.05) is 19.8 Å².